The number of thiazole rings is 1. The summed E-state index contributed by atoms with van der Waals surface area (Å²) in [6, 6.07) is 0. The SMILES string of the molecule is Cc1ncsc1C(=O)N1CCCC(C(=O)NCCN)C1. The maximum atomic E-state index is 12.4. The molecule has 2 amide bonds. The number of nitrogens with two attached hydrogens (primary N) is 1. The Morgan fingerprint density at radius 3 is 3.05 bits per heavy atom. The number of rotatable bonds is 4. The van der Waals surface area contributed by atoms with Crippen molar-refractivity contribution in [3.8, 4) is 0 Å². The zero-order valence-corrected chi connectivity index (χ0v) is 12.4. The van der Waals surface area contributed by atoms with Crippen molar-refractivity contribution in [1.29, 1.82) is 0 Å². The molecule has 0 spiro atoms. The highest BCUT2D eigenvalue weighted by Crippen LogP contribution is 2.21. The zero-order valence-electron chi connectivity index (χ0n) is 11.6. The molecule has 1 unspecified atom stereocenters. The number of carbonyl (C=O) groups excluding carboxylic acids is 2. The van der Waals surface area contributed by atoms with Crippen LogP contribution in [0.25, 0.3) is 0 Å². The van der Waals surface area contributed by atoms with Gasteiger partial charge in [0.25, 0.3) is 5.91 Å². The summed E-state index contributed by atoms with van der Waals surface area (Å²) in [6.07, 6.45) is 1.67. The van der Waals surface area contributed by atoms with E-state index in [1.54, 1.807) is 10.4 Å². The largest absolute Gasteiger partial charge is 0.355 e. The first-order valence-electron chi connectivity index (χ1n) is 6.80. The molecule has 1 aliphatic heterocycles. The molecule has 1 aromatic rings. The number of hydrogen-bond acceptors (Lipinski definition) is 5. The molecule has 0 aliphatic carbocycles. The van der Waals surface area contributed by atoms with Gasteiger partial charge in [-0.15, -0.1) is 11.3 Å². The van der Waals surface area contributed by atoms with E-state index in [-0.39, 0.29) is 17.7 Å². The minimum atomic E-state index is -0.132. The van der Waals surface area contributed by atoms with Crippen LogP contribution in [0.4, 0.5) is 0 Å². The normalized spacial score (nSPS) is 18.9. The number of nitrogens with one attached hydrogen (secondary N) is 1. The summed E-state index contributed by atoms with van der Waals surface area (Å²) in [4.78, 5) is 30.9. The highest BCUT2D eigenvalue weighted by molar-refractivity contribution is 7.11. The Hall–Kier alpha value is -1.47. The average Bonchev–Trinajstić information content (AvgIpc) is 2.90. The molecule has 20 heavy (non-hydrogen) atoms. The van der Waals surface area contributed by atoms with Gasteiger partial charge in [-0.1, -0.05) is 0 Å². The van der Waals surface area contributed by atoms with Crippen LogP contribution in [0.2, 0.25) is 0 Å². The molecule has 0 saturated carbocycles. The van der Waals surface area contributed by atoms with Gasteiger partial charge in [0, 0.05) is 26.2 Å². The van der Waals surface area contributed by atoms with Crippen molar-refractivity contribution in [2.24, 2.45) is 11.7 Å². The van der Waals surface area contributed by atoms with Crippen LogP contribution in [0.15, 0.2) is 5.51 Å². The molecule has 110 valence electrons. The maximum Gasteiger partial charge on any atom is 0.265 e. The van der Waals surface area contributed by atoms with Crippen molar-refractivity contribution in [3.63, 3.8) is 0 Å². The summed E-state index contributed by atoms with van der Waals surface area (Å²) < 4.78 is 0. The van der Waals surface area contributed by atoms with Gasteiger partial charge in [-0.05, 0) is 19.8 Å². The lowest BCUT2D eigenvalue weighted by atomic mass is 9.97. The van der Waals surface area contributed by atoms with Crippen molar-refractivity contribution >= 4 is 23.2 Å². The lowest BCUT2D eigenvalue weighted by Gasteiger charge is -2.31. The van der Waals surface area contributed by atoms with E-state index in [1.165, 1.54) is 11.3 Å². The van der Waals surface area contributed by atoms with E-state index in [0.717, 1.165) is 18.5 Å². The van der Waals surface area contributed by atoms with Crippen LogP contribution in [0.1, 0.15) is 28.2 Å². The second kappa shape index (κ2) is 6.81. The van der Waals surface area contributed by atoms with Crippen molar-refractivity contribution in [1.82, 2.24) is 15.2 Å². The number of nitrogens with zero attached hydrogens (tertiary/aromatic N) is 2. The standard InChI is InChI=1S/C13H20N4O2S/c1-9-11(20-8-16-9)13(19)17-6-2-3-10(7-17)12(18)15-5-4-14/h8,10H,2-7,14H2,1H3,(H,15,18). The minimum Gasteiger partial charge on any atom is -0.355 e. The number of aryl methyl sites for hydroxylation is 1. The van der Waals surface area contributed by atoms with Crippen molar-refractivity contribution in [2.75, 3.05) is 26.2 Å². The molecule has 1 atom stereocenters. The first-order valence-corrected chi connectivity index (χ1v) is 7.68. The third kappa shape index (κ3) is 3.34. The lowest BCUT2D eigenvalue weighted by molar-refractivity contribution is -0.126. The quantitative estimate of drug-likeness (QED) is 0.840. The van der Waals surface area contributed by atoms with E-state index in [1.807, 2.05) is 6.92 Å². The van der Waals surface area contributed by atoms with Gasteiger partial charge >= 0.3 is 0 Å². The van der Waals surface area contributed by atoms with Gasteiger partial charge in [-0.2, -0.15) is 0 Å². The third-order valence-electron chi connectivity index (χ3n) is 3.46. The number of carbonyl (C=O) groups is 2. The number of hydrogen-bond donors (Lipinski definition) is 2. The Balaban J connectivity index is 1.98. The molecule has 3 N–H and O–H groups in total. The summed E-state index contributed by atoms with van der Waals surface area (Å²) in [5.74, 6) is -0.150. The van der Waals surface area contributed by atoms with Crippen LogP contribution in [-0.2, 0) is 4.79 Å². The van der Waals surface area contributed by atoms with Crippen LogP contribution in [0, 0.1) is 12.8 Å². The maximum absolute atomic E-state index is 12.4. The monoisotopic (exact) mass is 296 g/mol. The van der Waals surface area contributed by atoms with Crippen LogP contribution in [0.5, 0.6) is 0 Å². The highest BCUT2D eigenvalue weighted by Gasteiger charge is 2.29. The Morgan fingerprint density at radius 1 is 1.60 bits per heavy atom. The van der Waals surface area contributed by atoms with Crippen LogP contribution < -0.4 is 11.1 Å². The predicted octanol–water partition coefficient (Wildman–Crippen LogP) is 0.379. The van der Waals surface area contributed by atoms with E-state index in [4.69, 9.17) is 5.73 Å². The van der Waals surface area contributed by atoms with Gasteiger partial charge < -0.3 is 16.0 Å². The van der Waals surface area contributed by atoms with Crippen LogP contribution in [0.3, 0.4) is 0 Å². The second-order valence-electron chi connectivity index (χ2n) is 4.94. The van der Waals surface area contributed by atoms with E-state index in [2.05, 4.69) is 10.3 Å². The summed E-state index contributed by atoms with van der Waals surface area (Å²) in [7, 11) is 0. The average molecular weight is 296 g/mol. The molecule has 0 radical (unpaired) electrons. The smallest absolute Gasteiger partial charge is 0.265 e. The number of amides is 2. The molecule has 1 saturated heterocycles. The minimum absolute atomic E-state index is 0.00558. The first kappa shape index (κ1) is 14.9. The molecule has 0 aromatic carbocycles. The predicted molar refractivity (Wildman–Crippen MR) is 77.5 cm³/mol. The van der Waals surface area contributed by atoms with E-state index >= 15 is 0 Å². The van der Waals surface area contributed by atoms with Crippen molar-refractivity contribution < 1.29 is 9.59 Å². The van der Waals surface area contributed by atoms with Gasteiger partial charge in [-0.25, -0.2) is 4.98 Å². The second-order valence-corrected chi connectivity index (χ2v) is 5.79. The van der Waals surface area contributed by atoms with Gasteiger partial charge in [-0.3, -0.25) is 9.59 Å². The fourth-order valence-corrected chi connectivity index (χ4v) is 3.14. The Labute approximate surface area is 122 Å². The molecule has 2 rings (SSSR count). The van der Waals surface area contributed by atoms with E-state index in [0.29, 0.717) is 31.1 Å². The van der Waals surface area contributed by atoms with E-state index in [9.17, 15) is 9.59 Å². The molecule has 1 fully saturated rings. The molecular formula is C13H20N4O2S. The first-order chi connectivity index (χ1) is 9.63. The van der Waals surface area contributed by atoms with Gasteiger partial charge in [0.15, 0.2) is 0 Å². The van der Waals surface area contributed by atoms with Gasteiger partial charge in [0.05, 0.1) is 17.1 Å². The fourth-order valence-electron chi connectivity index (χ4n) is 2.37. The van der Waals surface area contributed by atoms with Gasteiger partial charge in [0.1, 0.15) is 4.88 Å². The third-order valence-corrected chi connectivity index (χ3v) is 4.38. The molecule has 6 nitrogen and oxygen atoms in total. The molecule has 2 heterocycles. The zero-order chi connectivity index (χ0) is 14.5. The molecule has 7 heteroatoms. The molecule has 0 bridgehead atoms. The van der Waals surface area contributed by atoms with E-state index < -0.39 is 0 Å². The lowest BCUT2D eigenvalue weighted by Crippen LogP contribution is -2.46. The summed E-state index contributed by atoms with van der Waals surface area (Å²) in [5.41, 5.74) is 7.82. The molecule has 1 aromatic heterocycles. The molecule has 1 aliphatic rings. The van der Waals surface area contributed by atoms with Crippen LogP contribution in [-0.4, -0.2) is 47.9 Å². The Morgan fingerprint density at radius 2 is 2.40 bits per heavy atom. The topological polar surface area (TPSA) is 88.3 Å². The van der Waals surface area contributed by atoms with Crippen LogP contribution >= 0.6 is 11.3 Å². The fraction of sp³-hybridized carbons (Fsp3) is 0.615. The number of aromatic nitrogens is 1. The summed E-state index contributed by atoms with van der Waals surface area (Å²) >= 11 is 1.36. The van der Waals surface area contributed by atoms with Crippen molar-refractivity contribution in [2.45, 2.75) is 19.8 Å². The number of piperidine rings is 1. The van der Waals surface area contributed by atoms with Crippen molar-refractivity contribution in [3.05, 3.63) is 16.1 Å². The highest BCUT2D eigenvalue weighted by atomic mass is 32.1. The molecular weight excluding hydrogens is 276 g/mol. The Bertz CT molecular complexity index is 488. The Kier molecular flexibility index (Phi) is 5.08. The summed E-state index contributed by atoms with van der Waals surface area (Å²) in [6.45, 7) is 3.93. The summed E-state index contributed by atoms with van der Waals surface area (Å²) in [5, 5.41) is 2.80. The number of likely N-dealkylation sites (tertiary alicyclic amines) is 1. The van der Waals surface area contributed by atoms with Gasteiger partial charge in [0.2, 0.25) is 5.91 Å².